The molecule has 0 saturated heterocycles. The maximum atomic E-state index is 9.57. The second-order valence-corrected chi connectivity index (χ2v) is 6.07. The molecule has 0 spiro atoms. The largest absolute Gasteiger partial charge is 0.391 e. The summed E-state index contributed by atoms with van der Waals surface area (Å²) < 4.78 is 0. The lowest BCUT2D eigenvalue weighted by Gasteiger charge is -2.26. The Morgan fingerprint density at radius 2 is 1.26 bits per heavy atom. The third-order valence-electron chi connectivity index (χ3n) is 3.96. The first-order chi connectivity index (χ1) is 9.09. The average molecular weight is 270 g/mol. The third-order valence-corrected chi connectivity index (χ3v) is 3.96. The summed E-state index contributed by atoms with van der Waals surface area (Å²) in [6.07, 6.45) is 14.2. The number of aliphatic hydroxyl groups is 1. The standard InChI is InChI=1S/C17H36NO/c1-5-6-7-8-9-10-11-12-13-14-15-17(16(2)19)18(3)4/h16-17,19H,2,5-15H2,1,3-4H3. The van der Waals surface area contributed by atoms with Gasteiger partial charge in [0, 0.05) is 6.04 Å². The van der Waals surface area contributed by atoms with Crippen molar-refractivity contribution in [3.63, 3.8) is 0 Å². The topological polar surface area (TPSA) is 23.5 Å². The molecule has 0 bridgehead atoms. The van der Waals surface area contributed by atoms with E-state index < -0.39 is 6.10 Å². The van der Waals surface area contributed by atoms with Crippen molar-refractivity contribution in [1.29, 1.82) is 0 Å². The second-order valence-electron chi connectivity index (χ2n) is 6.07. The van der Waals surface area contributed by atoms with Crippen molar-refractivity contribution in [2.45, 2.75) is 89.7 Å². The van der Waals surface area contributed by atoms with Crippen LogP contribution >= 0.6 is 0 Å². The Labute approximate surface area is 121 Å². The van der Waals surface area contributed by atoms with E-state index in [-0.39, 0.29) is 6.04 Å². The van der Waals surface area contributed by atoms with E-state index in [1.165, 1.54) is 64.2 Å². The van der Waals surface area contributed by atoms with Gasteiger partial charge in [-0.15, -0.1) is 0 Å². The highest BCUT2D eigenvalue weighted by molar-refractivity contribution is 4.76. The molecule has 2 heteroatoms. The summed E-state index contributed by atoms with van der Waals surface area (Å²) in [5, 5.41) is 9.57. The minimum Gasteiger partial charge on any atom is -0.391 e. The Morgan fingerprint density at radius 3 is 1.63 bits per heavy atom. The molecule has 0 saturated carbocycles. The molecule has 1 radical (unpaired) electrons. The molecule has 19 heavy (non-hydrogen) atoms. The van der Waals surface area contributed by atoms with Gasteiger partial charge < -0.3 is 10.0 Å². The maximum absolute atomic E-state index is 9.57. The van der Waals surface area contributed by atoms with Crippen molar-refractivity contribution >= 4 is 0 Å². The van der Waals surface area contributed by atoms with Crippen LogP contribution < -0.4 is 0 Å². The van der Waals surface area contributed by atoms with E-state index in [1.807, 2.05) is 14.1 Å². The summed E-state index contributed by atoms with van der Waals surface area (Å²) >= 11 is 0. The molecule has 0 aromatic rings. The molecule has 0 aromatic carbocycles. The molecule has 0 aliphatic carbocycles. The highest BCUT2D eigenvalue weighted by Gasteiger charge is 2.16. The Kier molecular flexibility index (Phi) is 12.9. The van der Waals surface area contributed by atoms with Gasteiger partial charge in [-0.3, -0.25) is 0 Å². The molecule has 2 unspecified atom stereocenters. The van der Waals surface area contributed by atoms with Crippen molar-refractivity contribution in [2.75, 3.05) is 14.1 Å². The van der Waals surface area contributed by atoms with Gasteiger partial charge in [-0.25, -0.2) is 0 Å². The van der Waals surface area contributed by atoms with Crippen LogP contribution in [0.1, 0.15) is 77.6 Å². The van der Waals surface area contributed by atoms with E-state index in [1.54, 1.807) is 0 Å². The summed E-state index contributed by atoms with van der Waals surface area (Å²) in [7, 11) is 4.05. The predicted molar refractivity (Wildman–Crippen MR) is 85.3 cm³/mol. The van der Waals surface area contributed by atoms with Crippen LogP contribution in [0.25, 0.3) is 0 Å². The first-order valence-corrected chi connectivity index (χ1v) is 8.27. The van der Waals surface area contributed by atoms with E-state index in [4.69, 9.17) is 0 Å². The molecule has 0 fully saturated rings. The lowest BCUT2D eigenvalue weighted by Crippen LogP contribution is -2.37. The fourth-order valence-corrected chi connectivity index (χ4v) is 2.64. The minimum atomic E-state index is -0.464. The van der Waals surface area contributed by atoms with Gasteiger partial charge in [0.25, 0.3) is 0 Å². The van der Waals surface area contributed by atoms with Crippen LogP contribution in [0.4, 0.5) is 0 Å². The van der Waals surface area contributed by atoms with Crippen molar-refractivity contribution in [3.05, 3.63) is 6.92 Å². The molecule has 0 rings (SSSR count). The Morgan fingerprint density at radius 1 is 0.842 bits per heavy atom. The summed E-state index contributed by atoms with van der Waals surface area (Å²) in [5.74, 6) is 0. The van der Waals surface area contributed by atoms with Gasteiger partial charge in [0.2, 0.25) is 0 Å². The highest BCUT2D eigenvalue weighted by Crippen LogP contribution is 2.14. The van der Waals surface area contributed by atoms with E-state index >= 15 is 0 Å². The lowest BCUT2D eigenvalue weighted by atomic mass is 10.0. The van der Waals surface area contributed by atoms with Crippen molar-refractivity contribution in [2.24, 2.45) is 0 Å². The first-order valence-electron chi connectivity index (χ1n) is 8.27. The summed E-state index contributed by atoms with van der Waals surface area (Å²) in [6.45, 7) is 6.01. The molecule has 2 atom stereocenters. The van der Waals surface area contributed by atoms with E-state index in [2.05, 4.69) is 18.7 Å². The third kappa shape index (κ3) is 11.4. The van der Waals surface area contributed by atoms with Crippen molar-refractivity contribution in [1.82, 2.24) is 4.90 Å². The molecule has 2 nitrogen and oxygen atoms in total. The van der Waals surface area contributed by atoms with E-state index in [0.717, 1.165) is 6.42 Å². The average Bonchev–Trinajstić information content (AvgIpc) is 2.35. The zero-order valence-corrected chi connectivity index (χ0v) is 13.5. The molecule has 0 aliphatic heterocycles. The predicted octanol–water partition coefficient (Wildman–Crippen LogP) is 4.42. The minimum absolute atomic E-state index is 0.217. The molecule has 0 aliphatic rings. The van der Waals surface area contributed by atoms with Crippen LogP contribution in [0.15, 0.2) is 0 Å². The fraction of sp³-hybridized carbons (Fsp3) is 0.941. The van der Waals surface area contributed by atoms with Crippen molar-refractivity contribution < 1.29 is 5.11 Å². The van der Waals surface area contributed by atoms with Gasteiger partial charge in [-0.05, 0) is 27.4 Å². The molecular formula is C17H36NO. The zero-order valence-electron chi connectivity index (χ0n) is 13.5. The zero-order chi connectivity index (χ0) is 14.5. The summed E-state index contributed by atoms with van der Waals surface area (Å²) in [6, 6.07) is 0.217. The van der Waals surface area contributed by atoms with Crippen LogP contribution in [-0.2, 0) is 0 Å². The first kappa shape index (κ1) is 18.9. The lowest BCUT2D eigenvalue weighted by molar-refractivity contribution is 0.102. The van der Waals surface area contributed by atoms with Crippen LogP contribution in [0.3, 0.4) is 0 Å². The number of rotatable bonds is 13. The monoisotopic (exact) mass is 270 g/mol. The molecular weight excluding hydrogens is 234 g/mol. The number of likely N-dealkylation sites (N-methyl/N-ethyl adjacent to an activating group) is 1. The SMILES string of the molecule is [CH2]C(O)C(CCCCCCCCCCCC)N(C)C. The van der Waals surface area contributed by atoms with Gasteiger partial charge in [0.15, 0.2) is 0 Å². The number of hydrogen-bond donors (Lipinski definition) is 1. The van der Waals surface area contributed by atoms with Gasteiger partial charge in [0.1, 0.15) is 0 Å². The van der Waals surface area contributed by atoms with Gasteiger partial charge >= 0.3 is 0 Å². The van der Waals surface area contributed by atoms with Crippen molar-refractivity contribution in [3.8, 4) is 0 Å². The number of aliphatic hydroxyl groups excluding tert-OH is 1. The van der Waals surface area contributed by atoms with E-state index in [0.29, 0.717) is 0 Å². The van der Waals surface area contributed by atoms with Gasteiger partial charge in [0.05, 0.1) is 6.10 Å². The summed E-state index contributed by atoms with van der Waals surface area (Å²) in [5.41, 5.74) is 0. The van der Waals surface area contributed by atoms with Crippen LogP contribution in [0.5, 0.6) is 0 Å². The molecule has 115 valence electrons. The van der Waals surface area contributed by atoms with E-state index in [9.17, 15) is 5.11 Å². The fourth-order valence-electron chi connectivity index (χ4n) is 2.64. The number of nitrogens with zero attached hydrogens (tertiary/aromatic N) is 1. The molecule has 0 aromatic heterocycles. The van der Waals surface area contributed by atoms with Gasteiger partial charge in [-0.2, -0.15) is 0 Å². The smallest absolute Gasteiger partial charge is 0.0696 e. The van der Waals surface area contributed by atoms with Crippen LogP contribution in [0.2, 0.25) is 0 Å². The normalized spacial score (nSPS) is 14.8. The quantitative estimate of drug-likeness (QED) is 0.501. The maximum Gasteiger partial charge on any atom is 0.0696 e. The molecule has 1 N–H and O–H groups in total. The molecule has 0 heterocycles. The Bertz CT molecular complexity index is 172. The highest BCUT2D eigenvalue weighted by atomic mass is 16.3. The Balaban J connectivity index is 3.30. The van der Waals surface area contributed by atoms with Crippen LogP contribution in [-0.4, -0.2) is 36.2 Å². The summed E-state index contributed by atoms with van der Waals surface area (Å²) in [4.78, 5) is 2.09. The van der Waals surface area contributed by atoms with Gasteiger partial charge in [-0.1, -0.05) is 71.1 Å². The number of hydrogen-bond acceptors (Lipinski definition) is 2. The second kappa shape index (κ2) is 12.9. The van der Waals surface area contributed by atoms with Crippen LogP contribution in [0, 0.1) is 6.92 Å². The molecule has 0 amide bonds. The Hall–Kier alpha value is -0.0800. The number of unbranched alkanes of at least 4 members (excludes halogenated alkanes) is 9.